The average molecular weight is 373 g/mol. The molecule has 0 aliphatic carbocycles. The van der Waals surface area contributed by atoms with Crippen molar-refractivity contribution in [3.63, 3.8) is 0 Å². The van der Waals surface area contributed by atoms with Crippen LogP contribution in [0.3, 0.4) is 0 Å². The number of halogens is 3. The Bertz CT molecular complexity index is 972. The van der Waals surface area contributed by atoms with E-state index in [1.807, 2.05) is 12.1 Å². The molecule has 3 rings (SSSR count). The highest BCUT2D eigenvalue weighted by Gasteiger charge is 2.14. The highest BCUT2D eigenvalue weighted by molar-refractivity contribution is 5.91. The van der Waals surface area contributed by atoms with Gasteiger partial charge < -0.3 is 10.1 Å². The summed E-state index contributed by atoms with van der Waals surface area (Å²) in [5, 5.41) is 2.52. The van der Waals surface area contributed by atoms with Crippen LogP contribution in [0, 0.1) is 17.5 Å². The molecule has 8 heteroatoms. The Labute approximate surface area is 152 Å². The van der Waals surface area contributed by atoms with Crippen molar-refractivity contribution in [3.05, 3.63) is 71.8 Å². The van der Waals surface area contributed by atoms with Crippen molar-refractivity contribution >= 4 is 11.7 Å². The van der Waals surface area contributed by atoms with Crippen molar-refractivity contribution in [3.8, 4) is 17.0 Å². The number of carbonyl (C=O) groups is 1. The van der Waals surface area contributed by atoms with Crippen LogP contribution in [0.15, 0.2) is 48.8 Å². The quantitative estimate of drug-likeness (QED) is 0.692. The Morgan fingerprint density at radius 1 is 1.07 bits per heavy atom. The van der Waals surface area contributed by atoms with Gasteiger partial charge in [0.1, 0.15) is 17.9 Å². The Kier molecular flexibility index (Phi) is 5.35. The smallest absolute Gasteiger partial charge is 0.229 e. The molecule has 27 heavy (non-hydrogen) atoms. The summed E-state index contributed by atoms with van der Waals surface area (Å²) >= 11 is 0. The molecular formula is C19H14F3N3O2. The lowest BCUT2D eigenvalue weighted by Gasteiger charge is -2.09. The molecule has 2 aromatic carbocycles. The van der Waals surface area contributed by atoms with E-state index in [1.165, 1.54) is 13.4 Å². The lowest BCUT2D eigenvalue weighted by molar-refractivity contribution is -0.115. The van der Waals surface area contributed by atoms with E-state index in [2.05, 4.69) is 15.3 Å². The molecule has 0 aliphatic heterocycles. The van der Waals surface area contributed by atoms with Crippen LogP contribution >= 0.6 is 0 Å². The van der Waals surface area contributed by atoms with Crippen LogP contribution in [0.5, 0.6) is 5.75 Å². The number of rotatable bonds is 5. The minimum atomic E-state index is -1.57. The molecule has 0 aliphatic rings. The first-order chi connectivity index (χ1) is 13.0. The van der Waals surface area contributed by atoms with Gasteiger partial charge in [0.05, 0.1) is 19.2 Å². The predicted octanol–water partition coefficient (Wildman–Crippen LogP) is 3.75. The number of hydrogen-bond acceptors (Lipinski definition) is 4. The summed E-state index contributed by atoms with van der Waals surface area (Å²) < 4.78 is 44.8. The van der Waals surface area contributed by atoms with Crippen LogP contribution in [0.25, 0.3) is 11.3 Å². The van der Waals surface area contributed by atoms with E-state index < -0.39 is 23.4 Å². The Hall–Kier alpha value is -3.42. The largest absolute Gasteiger partial charge is 0.496 e. The molecule has 0 unspecified atom stereocenters. The molecule has 1 heterocycles. The monoisotopic (exact) mass is 373 g/mol. The molecule has 5 nitrogen and oxygen atoms in total. The predicted molar refractivity (Wildman–Crippen MR) is 92.7 cm³/mol. The zero-order chi connectivity index (χ0) is 19.4. The molecule has 1 amide bonds. The number of benzene rings is 2. The average Bonchev–Trinajstić information content (AvgIpc) is 2.66. The third kappa shape index (κ3) is 4.22. The standard InChI is InChI=1S/C19H14F3N3O2/c1-27-16-5-3-2-4-12(16)15-9-17(24-10-23-15)25-18(26)8-11-6-13(20)19(22)14(21)7-11/h2-7,9-10H,8H2,1H3,(H,23,24,25,26). The van der Waals surface area contributed by atoms with E-state index in [1.54, 1.807) is 18.2 Å². The summed E-state index contributed by atoms with van der Waals surface area (Å²) in [4.78, 5) is 20.2. The van der Waals surface area contributed by atoms with Crippen LogP contribution in [0.4, 0.5) is 19.0 Å². The van der Waals surface area contributed by atoms with Crippen LogP contribution in [0.2, 0.25) is 0 Å². The van der Waals surface area contributed by atoms with Gasteiger partial charge in [0.15, 0.2) is 17.5 Å². The fourth-order valence-electron chi connectivity index (χ4n) is 2.51. The fourth-order valence-corrected chi connectivity index (χ4v) is 2.51. The molecular weight excluding hydrogens is 359 g/mol. The van der Waals surface area contributed by atoms with Crippen molar-refractivity contribution in [1.29, 1.82) is 0 Å². The number of nitrogens with one attached hydrogen (secondary N) is 1. The maximum atomic E-state index is 13.3. The van der Waals surface area contributed by atoms with Gasteiger partial charge in [-0.25, -0.2) is 23.1 Å². The zero-order valence-corrected chi connectivity index (χ0v) is 14.2. The van der Waals surface area contributed by atoms with E-state index in [9.17, 15) is 18.0 Å². The topological polar surface area (TPSA) is 64.1 Å². The number of hydrogen-bond donors (Lipinski definition) is 1. The minimum Gasteiger partial charge on any atom is -0.496 e. The molecule has 0 saturated carbocycles. The number of nitrogens with zero attached hydrogens (tertiary/aromatic N) is 2. The van der Waals surface area contributed by atoms with Crippen molar-refractivity contribution in [1.82, 2.24) is 9.97 Å². The van der Waals surface area contributed by atoms with E-state index in [-0.39, 0.29) is 17.8 Å². The number of aromatic nitrogens is 2. The number of carbonyl (C=O) groups excluding carboxylic acids is 1. The van der Waals surface area contributed by atoms with Gasteiger partial charge in [0.25, 0.3) is 0 Å². The first kappa shape index (κ1) is 18.4. The molecule has 1 aromatic heterocycles. The molecule has 3 aromatic rings. The van der Waals surface area contributed by atoms with E-state index in [0.717, 1.165) is 12.1 Å². The van der Waals surface area contributed by atoms with Gasteiger partial charge in [0.2, 0.25) is 5.91 Å². The molecule has 0 saturated heterocycles. The van der Waals surface area contributed by atoms with Gasteiger partial charge >= 0.3 is 0 Å². The summed E-state index contributed by atoms with van der Waals surface area (Å²) in [5.74, 6) is -4.03. The third-order valence-corrected chi connectivity index (χ3v) is 3.73. The highest BCUT2D eigenvalue weighted by atomic mass is 19.2. The minimum absolute atomic E-state index is 0.00269. The summed E-state index contributed by atoms with van der Waals surface area (Å²) in [6.45, 7) is 0. The highest BCUT2D eigenvalue weighted by Crippen LogP contribution is 2.28. The maximum Gasteiger partial charge on any atom is 0.229 e. The van der Waals surface area contributed by atoms with E-state index >= 15 is 0 Å². The zero-order valence-electron chi connectivity index (χ0n) is 14.2. The second kappa shape index (κ2) is 7.86. The molecule has 1 N–H and O–H groups in total. The van der Waals surface area contributed by atoms with Crippen LogP contribution in [0.1, 0.15) is 5.56 Å². The van der Waals surface area contributed by atoms with Gasteiger partial charge in [0, 0.05) is 11.6 Å². The summed E-state index contributed by atoms with van der Waals surface area (Å²) in [5.41, 5.74) is 1.24. The first-order valence-corrected chi connectivity index (χ1v) is 7.86. The van der Waals surface area contributed by atoms with Gasteiger partial charge in [-0.2, -0.15) is 0 Å². The molecule has 0 spiro atoms. The second-order valence-electron chi connectivity index (χ2n) is 5.59. The number of methoxy groups -OCH3 is 1. The van der Waals surface area contributed by atoms with E-state index in [4.69, 9.17) is 4.74 Å². The Morgan fingerprint density at radius 2 is 1.78 bits per heavy atom. The molecule has 138 valence electrons. The number of para-hydroxylation sites is 1. The van der Waals surface area contributed by atoms with Crippen molar-refractivity contribution < 1.29 is 22.7 Å². The number of amides is 1. The second-order valence-corrected chi connectivity index (χ2v) is 5.59. The van der Waals surface area contributed by atoms with Crippen LogP contribution in [-0.2, 0) is 11.2 Å². The summed E-state index contributed by atoms with van der Waals surface area (Å²) in [6, 6.07) is 10.3. The maximum absolute atomic E-state index is 13.3. The number of anilines is 1. The van der Waals surface area contributed by atoms with Crippen LogP contribution < -0.4 is 10.1 Å². The summed E-state index contributed by atoms with van der Waals surface area (Å²) in [7, 11) is 1.53. The van der Waals surface area contributed by atoms with Gasteiger partial charge in [-0.15, -0.1) is 0 Å². The van der Waals surface area contributed by atoms with E-state index in [0.29, 0.717) is 17.0 Å². The normalized spacial score (nSPS) is 10.5. The first-order valence-electron chi connectivity index (χ1n) is 7.86. The Balaban J connectivity index is 1.77. The molecule has 0 atom stereocenters. The molecule has 0 radical (unpaired) electrons. The SMILES string of the molecule is COc1ccccc1-c1cc(NC(=O)Cc2cc(F)c(F)c(F)c2)ncn1. The molecule has 0 bridgehead atoms. The van der Waals surface area contributed by atoms with Gasteiger partial charge in [-0.3, -0.25) is 4.79 Å². The van der Waals surface area contributed by atoms with Gasteiger partial charge in [-0.05, 0) is 29.8 Å². The van der Waals surface area contributed by atoms with Crippen LogP contribution in [-0.4, -0.2) is 23.0 Å². The lowest BCUT2D eigenvalue weighted by atomic mass is 10.1. The lowest BCUT2D eigenvalue weighted by Crippen LogP contribution is -2.16. The summed E-state index contributed by atoms with van der Waals surface area (Å²) in [6.07, 6.45) is 0.927. The number of ether oxygens (including phenoxy) is 1. The van der Waals surface area contributed by atoms with Crippen molar-refractivity contribution in [2.24, 2.45) is 0 Å². The fraction of sp³-hybridized carbons (Fsp3) is 0.105. The third-order valence-electron chi connectivity index (χ3n) is 3.73. The van der Waals surface area contributed by atoms with Gasteiger partial charge in [-0.1, -0.05) is 12.1 Å². The van der Waals surface area contributed by atoms with Crippen molar-refractivity contribution in [2.75, 3.05) is 12.4 Å². The van der Waals surface area contributed by atoms with Crippen molar-refractivity contribution in [2.45, 2.75) is 6.42 Å². The molecule has 0 fully saturated rings. The Morgan fingerprint density at radius 3 is 2.48 bits per heavy atom.